The quantitative estimate of drug-likeness (QED) is 0.465. The van der Waals surface area contributed by atoms with Crippen LogP contribution in [0.15, 0.2) is 66.9 Å². The number of anilines is 1. The van der Waals surface area contributed by atoms with E-state index in [4.69, 9.17) is 21.6 Å². The van der Waals surface area contributed by atoms with Crippen LogP contribution in [0, 0.1) is 0 Å². The number of rotatable bonds is 11. The predicted octanol–water partition coefficient (Wildman–Crippen LogP) is 4.91. The molecule has 0 aliphatic rings. The molecular weight excluding hydrogens is 390 g/mol. The zero-order valence-electron chi connectivity index (χ0n) is 28.7. The first kappa shape index (κ1) is 11.4. The third-order valence-electron chi connectivity index (χ3n) is 3.97. The molecule has 1 aromatic heterocycles. The van der Waals surface area contributed by atoms with Crippen molar-refractivity contribution < 1.29 is 31.1 Å². The molecule has 1 atom stereocenters. The van der Waals surface area contributed by atoms with Crippen molar-refractivity contribution in [2.45, 2.75) is 32.5 Å². The number of carboxylic acids is 1. The minimum absolute atomic E-state index is 0.103. The lowest BCUT2D eigenvalue weighted by atomic mass is 10.0. The van der Waals surface area contributed by atoms with Gasteiger partial charge in [0.2, 0.25) is 0 Å². The van der Waals surface area contributed by atoms with Gasteiger partial charge in [-0.2, -0.15) is 0 Å². The summed E-state index contributed by atoms with van der Waals surface area (Å²) in [5.74, 6) is -2.36. The van der Waals surface area contributed by atoms with E-state index in [0.29, 0.717) is 11.1 Å². The Morgan fingerprint density at radius 2 is 1.77 bits per heavy atom. The second kappa shape index (κ2) is 11.2. The largest absolute Gasteiger partial charge is 0.480 e. The predicted molar refractivity (Wildman–Crippen MR) is 123 cm³/mol. The Bertz CT molecular complexity index is 1440. The number of carbonyl (C=O) groups is 1. The van der Waals surface area contributed by atoms with Gasteiger partial charge in [0.1, 0.15) is 12.4 Å². The normalized spacial score (nSPS) is 20.8. The lowest BCUT2D eigenvalue weighted by Gasteiger charge is -2.28. The topological polar surface area (TPSA) is 75.5 Å². The van der Waals surface area contributed by atoms with E-state index >= 15 is 0 Å². The van der Waals surface area contributed by atoms with Crippen LogP contribution >= 0.6 is 0 Å². The number of benzene rings is 2. The summed E-state index contributed by atoms with van der Waals surface area (Å²) in [7, 11) is 0. The molecule has 0 amide bonds. The third-order valence-corrected chi connectivity index (χ3v) is 3.97. The van der Waals surface area contributed by atoms with Gasteiger partial charge < -0.3 is 14.7 Å². The number of carboxylic acid groups (broad SMARTS) is 1. The van der Waals surface area contributed by atoms with Gasteiger partial charge in [0, 0.05) is 42.5 Å². The molecular formula is C25H29N3O3. The molecule has 6 heteroatoms. The van der Waals surface area contributed by atoms with Gasteiger partial charge in [-0.15, -0.1) is 0 Å². The Balaban J connectivity index is 2.33. The van der Waals surface area contributed by atoms with Crippen molar-refractivity contribution in [1.29, 1.82) is 0 Å². The molecule has 1 N–H and O–H groups in total. The molecule has 162 valence electrons. The number of hydrogen-bond acceptors (Lipinski definition) is 5. The van der Waals surface area contributed by atoms with E-state index in [1.54, 1.807) is 60.7 Å². The van der Waals surface area contributed by atoms with Crippen LogP contribution in [-0.4, -0.2) is 46.7 Å². The maximum atomic E-state index is 10.9. The molecule has 0 aliphatic heterocycles. The first-order valence-electron chi connectivity index (χ1n) is 15.2. The van der Waals surface area contributed by atoms with Crippen LogP contribution in [0.1, 0.15) is 43.0 Å². The minimum atomic E-state index is -4.01. The molecule has 2 aromatic carbocycles. The van der Waals surface area contributed by atoms with Gasteiger partial charge in [-0.1, -0.05) is 60.7 Å². The maximum absolute atomic E-state index is 10.9. The van der Waals surface area contributed by atoms with Crippen molar-refractivity contribution in [2.24, 2.45) is 0 Å². The molecule has 1 unspecified atom stereocenters. The Kier molecular flexibility index (Phi) is 4.13. The third kappa shape index (κ3) is 6.36. The number of ether oxygens (including phenoxy) is 1. The van der Waals surface area contributed by atoms with Crippen molar-refractivity contribution >= 4 is 11.8 Å². The molecule has 0 saturated carbocycles. The molecule has 0 spiro atoms. The van der Waals surface area contributed by atoms with E-state index < -0.39 is 57.1 Å². The molecule has 0 aliphatic carbocycles. The van der Waals surface area contributed by atoms with Crippen molar-refractivity contribution in [3.63, 3.8) is 0 Å². The maximum Gasteiger partial charge on any atom is 0.329 e. The average Bonchev–Trinajstić information content (AvgIpc) is 2.91. The number of aliphatic carboxylic acids is 1. The second-order valence-corrected chi connectivity index (χ2v) is 6.22. The summed E-state index contributed by atoms with van der Waals surface area (Å²) in [6.45, 7) is -11.6. The van der Waals surface area contributed by atoms with Crippen LogP contribution in [-0.2, 0) is 9.53 Å². The van der Waals surface area contributed by atoms with Crippen LogP contribution in [0.25, 0.3) is 22.5 Å². The molecule has 0 radical (unpaired) electrons. The molecule has 3 rings (SSSR count). The lowest BCUT2D eigenvalue weighted by molar-refractivity contribution is -0.142. The van der Waals surface area contributed by atoms with Crippen LogP contribution in [0.3, 0.4) is 0 Å². The summed E-state index contributed by atoms with van der Waals surface area (Å²) >= 11 is 0. The van der Waals surface area contributed by atoms with E-state index in [1.165, 1.54) is 0 Å². The average molecular weight is 432 g/mol. The monoisotopic (exact) mass is 431 g/mol. The second-order valence-electron chi connectivity index (χ2n) is 6.22. The van der Waals surface area contributed by atoms with Crippen LogP contribution < -0.4 is 4.90 Å². The molecule has 0 saturated heterocycles. The van der Waals surface area contributed by atoms with Gasteiger partial charge >= 0.3 is 5.97 Å². The van der Waals surface area contributed by atoms with Gasteiger partial charge in [-0.05, 0) is 26.5 Å². The van der Waals surface area contributed by atoms with Gasteiger partial charge in [0.25, 0.3) is 0 Å². The summed E-state index contributed by atoms with van der Waals surface area (Å²) in [4.78, 5) is 19.9. The van der Waals surface area contributed by atoms with Crippen LogP contribution in [0.2, 0.25) is 0 Å². The highest BCUT2D eigenvalue weighted by Crippen LogP contribution is 2.30. The zero-order chi connectivity index (χ0) is 32.6. The van der Waals surface area contributed by atoms with Crippen molar-refractivity contribution in [3.8, 4) is 22.5 Å². The highest BCUT2D eigenvalue weighted by Gasteiger charge is 2.17. The molecule has 3 aromatic rings. The molecule has 0 bridgehead atoms. The fourth-order valence-corrected chi connectivity index (χ4v) is 2.65. The highest BCUT2D eigenvalue weighted by molar-refractivity contribution is 5.78. The molecule has 6 nitrogen and oxygen atoms in total. The number of hydrogen-bond donors (Lipinski definition) is 1. The number of aromatic nitrogens is 2. The Morgan fingerprint density at radius 1 is 1.13 bits per heavy atom. The summed E-state index contributed by atoms with van der Waals surface area (Å²) in [5, 5.41) is 8.87. The van der Waals surface area contributed by atoms with Crippen LogP contribution in [0.4, 0.5) is 5.82 Å². The van der Waals surface area contributed by atoms with E-state index in [1.807, 2.05) is 0 Å². The summed E-state index contributed by atoms with van der Waals surface area (Å²) in [6.07, 6.45) is -7.05. The summed E-state index contributed by atoms with van der Waals surface area (Å²) < 4.78 is 104. The fourth-order valence-electron chi connectivity index (χ4n) is 2.65. The number of nitrogens with zero attached hydrogens (tertiary/aromatic N) is 3. The van der Waals surface area contributed by atoms with E-state index in [0.717, 1.165) is 13.1 Å². The van der Waals surface area contributed by atoms with Crippen molar-refractivity contribution in [1.82, 2.24) is 9.97 Å². The highest BCUT2D eigenvalue weighted by atomic mass is 16.5. The minimum Gasteiger partial charge on any atom is -0.480 e. The SMILES string of the molecule is [2H]C([2H])([2H])C([2H])(C)N(c1cnc(-c2ccccc2)c(-c2ccccc2)n1)C([2H])([2H])C([2H])([2H])C([2H])([2H])C([2H])([2H])OCC(=O)O. The summed E-state index contributed by atoms with van der Waals surface area (Å²) in [6, 6.07) is 14.0. The standard InChI is InChI=1S/C25H29N3O3/c1-19(2)28(15-9-10-16-31-18-23(29)30)22-17-26-24(20-11-5-3-6-12-20)25(27-22)21-13-7-4-8-14-21/h3-8,11-14,17,19H,9-10,15-16,18H2,1-2H3,(H,29,30)/i1D3,9D2,10D2,15D2,16D2,19D. The lowest BCUT2D eigenvalue weighted by Crippen LogP contribution is -2.33. The molecule has 31 heavy (non-hydrogen) atoms. The first-order chi connectivity index (χ1) is 19.6. The smallest absolute Gasteiger partial charge is 0.329 e. The fraction of sp³-hybridized carbons (Fsp3) is 0.320. The van der Waals surface area contributed by atoms with E-state index in [2.05, 4.69) is 14.7 Å². The van der Waals surface area contributed by atoms with Crippen molar-refractivity contribution in [2.75, 3.05) is 24.6 Å². The van der Waals surface area contributed by atoms with E-state index in [9.17, 15) is 4.79 Å². The Morgan fingerprint density at radius 3 is 2.39 bits per heavy atom. The van der Waals surface area contributed by atoms with Crippen molar-refractivity contribution in [3.05, 3.63) is 66.9 Å². The molecule has 0 fully saturated rings. The van der Waals surface area contributed by atoms with Crippen LogP contribution in [0.5, 0.6) is 0 Å². The Labute approximate surface area is 200 Å². The van der Waals surface area contributed by atoms with Gasteiger partial charge in [-0.25, -0.2) is 9.78 Å². The summed E-state index contributed by atoms with van der Waals surface area (Å²) in [5.41, 5.74) is 1.42. The van der Waals surface area contributed by atoms with Gasteiger partial charge in [-0.3, -0.25) is 4.98 Å². The first-order valence-corrected chi connectivity index (χ1v) is 9.23. The Hall–Kier alpha value is -3.25. The van der Waals surface area contributed by atoms with Gasteiger partial charge in [0.15, 0.2) is 0 Å². The molecule has 1 heterocycles. The van der Waals surface area contributed by atoms with Gasteiger partial charge in [0.05, 0.1) is 21.7 Å². The zero-order valence-corrected chi connectivity index (χ0v) is 16.7. The van der Waals surface area contributed by atoms with E-state index in [-0.39, 0.29) is 16.3 Å².